The third kappa shape index (κ3) is 3.06. The van der Waals surface area contributed by atoms with Crippen LogP contribution in [-0.4, -0.2) is 16.4 Å². The fourth-order valence-electron chi connectivity index (χ4n) is 2.79. The van der Waals surface area contributed by atoms with Crippen molar-refractivity contribution in [2.24, 2.45) is 0 Å². The number of halogens is 1. The van der Waals surface area contributed by atoms with Crippen LogP contribution in [0.2, 0.25) is 5.02 Å². The van der Waals surface area contributed by atoms with Crippen molar-refractivity contribution in [1.29, 1.82) is 0 Å². The van der Waals surface area contributed by atoms with Gasteiger partial charge in [-0.05, 0) is 29.7 Å². The van der Waals surface area contributed by atoms with Gasteiger partial charge >= 0.3 is 0 Å². The second-order valence-corrected chi connectivity index (χ2v) is 5.70. The largest absolute Gasteiger partial charge is 0.294 e. The zero-order valence-electron chi connectivity index (χ0n) is 11.5. The monoisotopic (exact) mass is 302 g/mol. The van der Waals surface area contributed by atoms with Crippen LogP contribution >= 0.6 is 11.6 Å². The molecular weight excluding hydrogens is 288 g/mol. The summed E-state index contributed by atoms with van der Waals surface area (Å²) in [5.41, 5.74) is 3.48. The van der Waals surface area contributed by atoms with Gasteiger partial charge in [0.05, 0.1) is 4.92 Å². The molecule has 2 aromatic carbocycles. The topological polar surface area (TPSA) is 46.4 Å². The van der Waals surface area contributed by atoms with E-state index in [9.17, 15) is 10.1 Å². The number of fused-ring (bicyclic) bond motifs is 1. The highest BCUT2D eigenvalue weighted by molar-refractivity contribution is 6.30. The number of hydrogen-bond acceptors (Lipinski definition) is 3. The lowest BCUT2D eigenvalue weighted by atomic mass is 9.99. The molecule has 1 aliphatic rings. The summed E-state index contributed by atoms with van der Waals surface area (Å²) in [4.78, 5) is 13.0. The first-order valence-electron chi connectivity index (χ1n) is 6.85. The Labute approximate surface area is 128 Å². The highest BCUT2D eigenvalue weighted by Crippen LogP contribution is 2.26. The molecule has 4 nitrogen and oxygen atoms in total. The second-order valence-electron chi connectivity index (χ2n) is 5.26. The van der Waals surface area contributed by atoms with Gasteiger partial charge in [0.2, 0.25) is 0 Å². The standard InChI is InChI=1S/C16H15ClN2O2/c17-15-5-6-16(19(20)21)14(9-15)11-18-8-7-12-3-1-2-4-13(12)10-18/h1-6,9H,7-8,10-11H2. The van der Waals surface area contributed by atoms with Gasteiger partial charge in [0.15, 0.2) is 0 Å². The van der Waals surface area contributed by atoms with E-state index in [0.717, 1.165) is 19.5 Å². The van der Waals surface area contributed by atoms with Gasteiger partial charge in [-0.3, -0.25) is 15.0 Å². The van der Waals surface area contributed by atoms with E-state index in [-0.39, 0.29) is 10.6 Å². The maximum Gasteiger partial charge on any atom is 0.273 e. The Balaban J connectivity index is 1.82. The van der Waals surface area contributed by atoms with Gasteiger partial charge in [-0.1, -0.05) is 35.9 Å². The van der Waals surface area contributed by atoms with E-state index in [1.54, 1.807) is 12.1 Å². The molecule has 0 bridgehead atoms. The first kappa shape index (κ1) is 14.0. The van der Waals surface area contributed by atoms with E-state index in [1.165, 1.54) is 17.2 Å². The molecule has 0 amide bonds. The number of rotatable bonds is 3. The smallest absolute Gasteiger partial charge is 0.273 e. The average Bonchev–Trinajstić information content (AvgIpc) is 2.47. The normalized spacial score (nSPS) is 14.7. The molecule has 1 aliphatic heterocycles. The van der Waals surface area contributed by atoms with Gasteiger partial charge in [0.1, 0.15) is 0 Å². The minimum atomic E-state index is -0.344. The van der Waals surface area contributed by atoms with Crippen molar-refractivity contribution in [3.63, 3.8) is 0 Å². The summed E-state index contributed by atoms with van der Waals surface area (Å²) in [6, 6.07) is 13.1. The molecule has 0 saturated carbocycles. The molecule has 0 saturated heterocycles. The number of nitrogens with zero attached hydrogens (tertiary/aromatic N) is 2. The van der Waals surface area contributed by atoms with Gasteiger partial charge in [0.25, 0.3) is 5.69 Å². The number of hydrogen-bond donors (Lipinski definition) is 0. The third-order valence-corrected chi connectivity index (χ3v) is 4.08. The fraction of sp³-hybridized carbons (Fsp3) is 0.250. The summed E-state index contributed by atoms with van der Waals surface area (Å²) < 4.78 is 0. The minimum absolute atomic E-state index is 0.137. The van der Waals surface area contributed by atoms with Crippen molar-refractivity contribution in [3.8, 4) is 0 Å². The van der Waals surface area contributed by atoms with Gasteiger partial charge in [0, 0.05) is 36.3 Å². The molecule has 0 atom stereocenters. The predicted octanol–water partition coefficient (Wildman–Crippen LogP) is 3.81. The molecule has 108 valence electrons. The molecule has 0 radical (unpaired) electrons. The lowest BCUT2D eigenvalue weighted by molar-refractivity contribution is -0.385. The molecule has 0 aromatic heterocycles. The Hall–Kier alpha value is -1.91. The van der Waals surface area contributed by atoms with Crippen LogP contribution in [0.4, 0.5) is 5.69 Å². The summed E-state index contributed by atoms with van der Waals surface area (Å²) >= 11 is 5.98. The number of nitro groups is 1. The highest BCUT2D eigenvalue weighted by atomic mass is 35.5. The Morgan fingerprint density at radius 1 is 1.19 bits per heavy atom. The van der Waals surface area contributed by atoms with Crippen molar-refractivity contribution in [2.75, 3.05) is 6.54 Å². The third-order valence-electron chi connectivity index (χ3n) is 3.84. The molecule has 0 spiro atoms. The molecule has 21 heavy (non-hydrogen) atoms. The summed E-state index contributed by atoms with van der Waals surface area (Å²) in [6.07, 6.45) is 0.977. The fourth-order valence-corrected chi connectivity index (χ4v) is 2.98. The van der Waals surface area contributed by atoms with Crippen molar-refractivity contribution < 1.29 is 4.92 Å². The van der Waals surface area contributed by atoms with Crippen LogP contribution in [-0.2, 0) is 19.5 Å². The quantitative estimate of drug-likeness (QED) is 0.640. The zero-order chi connectivity index (χ0) is 14.8. The van der Waals surface area contributed by atoms with E-state index in [2.05, 4.69) is 23.1 Å². The molecule has 0 aliphatic carbocycles. The van der Waals surface area contributed by atoms with E-state index in [1.807, 2.05) is 6.07 Å². The van der Waals surface area contributed by atoms with Crippen LogP contribution in [0.5, 0.6) is 0 Å². The number of benzene rings is 2. The van der Waals surface area contributed by atoms with Crippen LogP contribution in [0.3, 0.4) is 0 Å². The van der Waals surface area contributed by atoms with E-state index < -0.39 is 0 Å². The first-order valence-corrected chi connectivity index (χ1v) is 7.23. The molecule has 5 heteroatoms. The van der Waals surface area contributed by atoms with Crippen LogP contribution in [0, 0.1) is 10.1 Å². The summed E-state index contributed by atoms with van der Waals surface area (Å²) in [5, 5.41) is 11.7. The zero-order valence-corrected chi connectivity index (χ0v) is 12.2. The molecular formula is C16H15ClN2O2. The van der Waals surface area contributed by atoms with Gasteiger partial charge < -0.3 is 0 Å². The number of nitro benzene ring substituents is 1. The Morgan fingerprint density at radius 3 is 2.71 bits per heavy atom. The molecule has 0 N–H and O–H groups in total. The molecule has 2 aromatic rings. The van der Waals surface area contributed by atoms with Gasteiger partial charge in [-0.25, -0.2) is 0 Å². The van der Waals surface area contributed by atoms with Crippen molar-refractivity contribution in [1.82, 2.24) is 4.90 Å². The predicted molar refractivity (Wildman–Crippen MR) is 82.4 cm³/mol. The minimum Gasteiger partial charge on any atom is -0.294 e. The Morgan fingerprint density at radius 2 is 1.95 bits per heavy atom. The SMILES string of the molecule is O=[N+]([O-])c1ccc(Cl)cc1CN1CCc2ccccc2C1. The summed E-state index contributed by atoms with van der Waals surface area (Å²) in [7, 11) is 0. The van der Waals surface area contributed by atoms with Gasteiger partial charge in [-0.15, -0.1) is 0 Å². The Kier molecular flexibility index (Phi) is 3.90. The van der Waals surface area contributed by atoms with Crippen LogP contribution in [0.1, 0.15) is 16.7 Å². The maximum absolute atomic E-state index is 11.1. The maximum atomic E-state index is 11.1. The molecule has 1 heterocycles. The van der Waals surface area contributed by atoms with E-state index in [0.29, 0.717) is 17.1 Å². The Bertz CT molecular complexity index is 688. The highest BCUT2D eigenvalue weighted by Gasteiger charge is 2.20. The van der Waals surface area contributed by atoms with Crippen molar-refractivity contribution in [3.05, 3.63) is 74.3 Å². The van der Waals surface area contributed by atoms with Crippen molar-refractivity contribution >= 4 is 17.3 Å². The second kappa shape index (κ2) is 5.84. The lowest BCUT2D eigenvalue weighted by Crippen LogP contribution is -2.30. The molecule has 3 rings (SSSR count). The first-order chi connectivity index (χ1) is 10.1. The summed E-state index contributed by atoms with van der Waals surface area (Å²) in [6.45, 7) is 2.27. The average molecular weight is 303 g/mol. The summed E-state index contributed by atoms with van der Waals surface area (Å²) in [5.74, 6) is 0. The van der Waals surface area contributed by atoms with Crippen molar-refractivity contribution in [2.45, 2.75) is 19.5 Å². The van der Waals surface area contributed by atoms with Crippen LogP contribution in [0.15, 0.2) is 42.5 Å². The van der Waals surface area contributed by atoms with E-state index in [4.69, 9.17) is 11.6 Å². The van der Waals surface area contributed by atoms with Crippen LogP contribution < -0.4 is 0 Å². The van der Waals surface area contributed by atoms with Gasteiger partial charge in [-0.2, -0.15) is 0 Å². The van der Waals surface area contributed by atoms with E-state index >= 15 is 0 Å². The lowest BCUT2D eigenvalue weighted by Gasteiger charge is -2.28. The molecule has 0 fully saturated rings. The van der Waals surface area contributed by atoms with Crippen LogP contribution in [0.25, 0.3) is 0 Å². The molecule has 0 unspecified atom stereocenters.